The number of aromatic nitrogens is 5. The summed E-state index contributed by atoms with van der Waals surface area (Å²) in [6, 6.07) is 65.9. The number of para-hydroxylation sites is 4. The fourth-order valence-corrected chi connectivity index (χ4v) is 8.67. The Balaban J connectivity index is 1.15. The number of nitrogens with zero attached hydrogens (tertiary/aromatic N) is 5. The largest absolute Gasteiger partial charge is 0.454 e. The van der Waals surface area contributed by atoms with Crippen molar-refractivity contribution in [3.8, 4) is 39.8 Å². The average Bonchev–Trinajstić information content (AvgIpc) is 4.04. The summed E-state index contributed by atoms with van der Waals surface area (Å²) in [6.07, 6.45) is 0. The predicted octanol–water partition coefficient (Wildman–Crippen LogP) is 12.7. The lowest BCUT2D eigenvalue weighted by atomic mass is 10.1. The molecular weight excluding hydrogens is 687 g/mol. The zero-order valence-corrected chi connectivity index (χ0v) is 30.0. The second kappa shape index (κ2) is 11.9. The lowest BCUT2D eigenvalue weighted by Crippen LogP contribution is -2.04. The highest BCUT2D eigenvalue weighted by atomic mass is 16.3. The average molecular weight is 718 g/mol. The Morgan fingerprint density at radius 1 is 0.411 bits per heavy atom. The molecule has 0 aliphatic heterocycles. The molecule has 0 saturated carbocycles. The van der Waals surface area contributed by atoms with E-state index in [1.54, 1.807) is 0 Å². The highest BCUT2D eigenvalue weighted by molar-refractivity contribution is 6.21. The smallest absolute Gasteiger partial charge is 0.182 e. The first-order valence-corrected chi connectivity index (χ1v) is 18.8. The zero-order valence-electron chi connectivity index (χ0n) is 30.0. The van der Waals surface area contributed by atoms with Gasteiger partial charge in [0.1, 0.15) is 5.58 Å². The molecule has 0 saturated heterocycles. The van der Waals surface area contributed by atoms with E-state index >= 15 is 0 Å². The van der Waals surface area contributed by atoms with Gasteiger partial charge < -0.3 is 13.6 Å². The molecule has 12 aromatic rings. The number of rotatable bonds is 5. The van der Waals surface area contributed by atoms with Gasteiger partial charge in [0.15, 0.2) is 17.2 Å². The molecule has 8 aromatic carbocycles. The predicted molar refractivity (Wildman–Crippen MR) is 228 cm³/mol. The second-order valence-corrected chi connectivity index (χ2v) is 14.2. The number of furan rings is 1. The van der Waals surface area contributed by atoms with Gasteiger partial charge >= 0.3 is 0 Å². The maximum Gasteiger partial charge on any atom is 0.182 e. The molecule has 0 N–H and O–H groups in total. The van der Waals surface area contributed by atoms with Crippen LogP contribution in [0.15, 0.2) is 192 Å². The van der Waals surface area contributed by atoms with Crippen molar-refractivity contribution in [2.75, 3.05) is 0 Å². The maximum absolute atomic E-state index is 6.68. The van der Waals surface area contributed by atoms with Gasteiger partial charge in [0, 0.05) is 54.8 Å². The maximum atomic E-state index is 6.68. The van der Waals surface area contributed by atoms with Crippen LogP contribution in [0.1, 0.15) is 0 Å². The van der Waals surface area contributed by atoms with Crippen LogP contribution in [0.5, 0.6) is 0 Å². The molecule has 0 aliphatic carbocycles. The molecule has 56 heavy (non-hydrogen) atoms. The summed E-state index contributed by atoms with van der Waals surface area (Å²) >= 11 is 0. The molecule has 6 nitrogen and oxygen atoms in total. The number of hydrogen-bond donors (Lipinski definition) is 0. The molecule has 0 fully saturated rings. The summed E-state index contributed by atoms with van der Waals surface area (Å²) in [5, 5.41) is 12.1. The van der Waals surface area contributed by atoms with Crippen LogP contribution in [0.25, 0.3) is 105 Å². The fourth-order valence-electron chi connectivity index (χ4n) is 8.67. The molecule has 0 bridgehead atoms. The lowest BCUT2D eigenvalue weighted by molar-refractivity contribution is 0.671. The van der Waals surface area contributed by atoms with E-state index in [0.29, 0.717) is 5.82 Å². The first-order valence-electron chi connectivity index (χ1n) is 18.8. The van der Waals surface area contributed by atoms with Crippen LogP contribution < -0.4 is 0 Å². The van der Waals surface area contributed by atoms with Gasteiger partial charge in [-0.2, -0.15) is 0 Å². The minimum Gasteiger partial charge on any atom is -0.454 e. The first-order chi connectivity index (χ1) is 27.8. The summed E-state index contributed by atoms with van der Waals surface area (Å²) in [6.45, 7) is 0. The van der Waals surface area contributed by atoms with E-state index in [2.05, 4.69) is 155 Å². The van der Waals surface area contributed by atoms with E-state index in [0.717, 1.165) is 88.8 Å². The molecule has 262 valence electrons. The monoisotopic (exact) mass is 717 g/mol. The summed E-state index contributed by atoms with van der Waals surface area (Å²) in [5.41, 5.74) is 11.1. The van der Waals surface area contributed by atoms with Crippen molar-refractivity contribution < 1.29 is 4.42 Å². The third kappa shape index (κ3) is 4.44. The van der Waals surface area contributed by atoms with Crippen molar-refractivity contribution in [2.24, 2.45) is 0 Å². The van der Waals surface area contributed by atoms with E-state index in [1.807, 2.05) is 47.1 Å². The Hall–Kier alpha value is -7.70. The molecule has 0 aliphatic rings. The third-order valence-corrected chi connectivity index (χ3v) is 11.1. The van der Waals surface area contributed by atoms with Gasteiger partial charge in [-0.05, 0) is 48.5 Å². The fraction of sp³-hybridized carbons (Fsp3) is 0. The highest BCUT2D eigenvalue weighted by Gasteiger charge is 2.23. The Kier molecular flexibility index (Phi) is 6.53. The molecular formula is C50H31N5O. The van der Waals surface area contributed by atoms with Crippen LogP contribution in [-0.4, -0.2) is 23.9 Å². The molecule has 0 atom stereocenters. The molecule has 12 rings (SSSR count). The van der Waals surface area contributed by atoms with E-state index < -0.39 is 0 Å². The molecule has 6 heteroatoms. The van der Waals surface area contributed by atoms with Crippen molar-refractivity contribution in [3.63, 3.8) is 0 Å². The van der Waals surface area contributed by atoms with Crippen LogP contribution in [0.3, 0.4) is 0 Å². The van der Waals surface area contributed by atoms with Crippen molar-refractivity contribution in [2.45, 2.75) is 0 Å². The van der Waals surface area contributed by atoms with Gasteiger partial charge in [0.2, 0.25) is 0 Å². The quantitative estimate of drug-likeness (QED) is 0.178. The number of hydrogen-bond acceptors (Lipinski definition) is 3. The van der Waals surface area contributed by atoms with Crippen LogP contribution in [0, 0.1) is 0 Å². The molecule has 0 radical (unpaired) electrons. The Morgan fingerprint density at radius 2 is 0.964 bits per heavy atom. The van der Waals surface area contributed by atoms with Crippen molar-refractivity contribution in [1.29, 1.82) is 0 Å². The van der Waals surface area contributed by atoms with Gasteiger partial charge in [-0.15, -0.1) is 5.10 Å². The minimum atomic E-state index is 0.675. The molecule has 4 heterocycles. The summed E-state index contributed by atoms with van der Waals surface area (Å²) in [4.78, 5) is 5.17. The molecule has 0 spiro atoms. The summed E-state index contributed by atoms with van der Waals surface area (Å²) in [7, 11) is 0. The Bertz CT molecular complexity index is 3480. The summed E-state index contributed by atoms with van der Waals surface area (Å²) in [5.74, 6) is 1.46. The molecule has 0 unspecified atom stereocenters. The van der Waals surface area contributed by atoms with Crippen molar-refractivity contribution >= 4 is 65.6 Å². The first kappa shape index (κ1) is 30.7. The third-order valence-electron chi connectivity index (χ3n) is 11.1. The topological polar surface area (TPSA) is 53.7 Å². The Morgan fingerprint density at radius 3 is 1.70 bits per heavy atom. The lowest BCUT2D eigenvalue weighted by Gasteiger charge is -2.15. The van der Waals surface area contributed by atoms with Gasteiger partial charge in [-0.3, -0.25) is 0 Å². The van der Waals surface area contributed by atoms with Crippen molar-refractivity contribution in [3.05, 3.63) is 188 Å². The van der Waals surface area contributed by atoms with E-state index in [4.69, 9.17) is 14.5 Å². The van der Waals surface area contributed by atoms with Gasteiger partial charge in [-0.1, -0.05) is 140 Å². The number of fused-ring (bicyclic) bond motifs is 10. The highest BCUT2D eigenvalue weighted by Crippen LogP contribution is 2.42. The molecule has 0 amide bonds. The van der Waals surface area contributed by atoms with Gasteiger partial charge in [0.25, 0.3) is 0 Å². The van der Waals surface area contributed by atoms with Crippen LogP contribution in [0.4, 0.5) is 0 Å². The summed E-state index contributed by atoms with van der Waals surface area (Å²) < 4.78 is 13.4. The van der Waals surface area contributed by atoms with E-state index in [1.165, 1.54) is 10.8 Å². The van der Waals surface area contributed by atoms with Gasteiger partial charge in [-0.25, -0.2) is 9.67 Å². The standard InChI is InChI=1S/C50H31N5O/c1-3-15-32(16-4-1)49-51-50(33-17-5-2-6-18-33)55(52-49)44-27-14-24-39-36-21-7-10-25-42(36)53(46(39)44)34-19-13-20-35(31-34)54-43-26-11-8-22-37(43)40-29-30-41-38-23-9-12-28-45(38)56-48(41)47(40)54/h1-31H. The Labute approximate surface area is 320 Å². The number of benzene rings is 8. The zero-order chi connectivity index (χ0) is 36.7. The van der Waals surface area contributed by atoms with Crippen LogP contribution >= 0.6 is 0 Å². The minimum absolute atomic E-state index is 0.675. The van der Waals surface area contributed by atoms with Gasteiger partial charge in [0.05, 0.1) is 27.8 Å². The SMILES string of the molecule is c1ccc(-c2nc(-c3ccccc3)n(-c3cccc4c5ccccc5n(-c5cccc(-n6c7ccccc7c7ccc8c9ccccc9oc8c76)c5)c34)n2)cc1. The molecule has 4 aromatic heterocycles. The van der Waals surface area contributed by atoms with Crippen LogP contribution in [0.2, 0.25) is 0 Å². The van der Waals surface area contributed by atoms with E-state index in [-0.39, 0.29) is 0 Å². The normalized spacial score (nSPS) is 11.9. The van der Waals surface area contributed by atoms with Crippen molar-refractivity contribution in [1.82, 2.24) is 23.9 Å². The second-order valence-electron chi connectivity index (χ2n) is 14.2. The van der Waals surface area contributed by atoms with Crippen LogP contribution in [-0.2, 0) is 0 Å². The van der Waals surface area contributed by atoms with E-state index in [9.17, 15) is 0 Å².